The van der Waals surface area contributed by atoms with Gasteiger partial charge in [-0.05, 0) is 23.5 Å². The van der Waals surface area contributed by atoms with Crippen LogP contribution in [0, 0.1) is 5.92 Å². The average molecular weight is 266 g/mol. The Morgan fingerprint density at radius 1 is 1.22 bits per heavy atom. The van der Waals surface area contributed by atoms with Crippen molar-refractivity contribution in [3.63, 3.8) is 0 Å². The van der Waals surface area contributed by atoms with E-state index in [1.165, 1.54) is 5.56 Å². The lowest BCUT2D eigenvalue weighted by Crippen LogP contribution is -2.12. The lowest BCUT2D eigenvalue weighted by molar-refractivity contribution is 0.203. The van der Waals surface area contributed by atoms with Crippen LogP contribution in [0.15, 0.2) is 24.3 Å². The Balaban J connectivity index is 2.65. The average Bonchev–Trinajstić information content (AvgIpc) is 2.24. The van der Waals surface area contributed by atoms with Crippen molar-refractivity contribution in [2.75, 3.05) is 5.75 Å². The molecule has 0 aliphatic carbocycles. The highest BCUT2D eigenvalue weighted by atomic mass is 32.2. The second kappa shape index (κ2) is 6.63. The van der Waals surface area contributed by atoms with E-state index in [1.807, 2.05) is 6.07 Å². The molecule has 0 fully saturated rings. The van der Waals surface area contributed by atoms with E-state index in [0.717, 1.165) is 17.7 Å². The van der Waals surface area contributed by atoms with E-state index < -0.39 is 0 Å². The predicted molar refractivity (Wildman–Crippen MR) is 82.2 cm³/mol. The molecule has 18 heavy (non-hydrogen) atoms. The Morgan fingerprint density at radius 2 is 1.89 bits per heavy atom. The summed E-state index contributed by atoms with van der Waals surface area (Å²) in [4.78, 5) is 0. The fraction of sp³-hybridized carbons (Fsp3) is 0.625. The minimum atomic E-state index is -0.360. The van der Waals surface area contributed by atoms with Crippen molar-refractivity contribution in [2.45, 2.75) is 51.9 Å². The summed E-state index contributed by atoms with van der Waals surface area (Å²) in [5.41, 5.74) is 2.37. The first-order chi connectivity index (χ1) is 8.28. The van der Waals surface area contributed by atoms with E-state index in [1.54, 1.807) is 11.8 Å². The minimum Gasteiger partial charge on any atom is -0.388 e. The van der Waals surface area contributed by atoms with Crippen molar-refractivity contribution in [1.82, 2.24) is 0 Å². The summed E-state index contributed by atoms with van der Waals surface area (Å²) in [6.45, 7) is 11.0. The topological polar surface area (TPSA) is 20.2 Å². The molecule has 0 radical (unpaired) electrons. The highest BCUT2D eigenvalue weighted by Crippen LogP contribution is 2.28. The molecule has 0 heterocycles. The van der Waals surface area contributed by atoms with E-state index in [4.69, 9.17) is 0 Å². The number of aliphatic hydroxyl groups is 1. The van der Waals surface area contributed by atoms with Crippen molar-refractivity contribution < 1.29 is 5.11 Å². The molecule has 0 saturated carbocycles. The Labute approximate surface area is 116 Å². The Hall–Kier alpha value is -0.470. The summed E-state index contributed by atoms with van der Waals surface area (Å²) >= 11 is 1.81. The normalized spacial score (nSPS) is 13.9. The van der Waals surface area contributed by atoms with Gasteiger partial charge in [-0.3, -0.25) is 0 Å². The molecule has 1 atom stereocenters. The van der Waals surface area contributed by atoms with Crippen LogP contribution in [0.2, 0.25) is 0 Å². The monoisotopic (exact) mass is 266 g/mol. The summed E-state index contributed by atoms with van der Waals surface area (Å²) in [6, 6.07) is 8.37. The van der Waals surface area contributed by atoms with E-state index >= 15 is 0 Å². The molecule has 102 valence electrons. The molecule has 1 aromatic carbocycles. The Morgan fingerprint density at radius 3 is 2.44 bits per heavy atom. The lowest BCUT2D eigenvalue weighted by atomic mass is 9.99. The number of hydrogen-bond acceptors (Lipinski definition) is 2. The van der Waals surface area contributed by atoms with Crippen LogP contribution in [0.5, 0.6) is 0 Å². The third kappa shape index (κ3) is 5.92. The van der Waals surface area contributed by atoms with Crippen molar-refractivity contribution in [3.05, 3.63) is 35.4 Å². The SMILES string of the molecule is CC(C)Cc1cccc(C(O)CSC(C)(C)C)c1. The molecule has 1 unspecified atom stereocenters. The van der Waals surface area contributed by atoms with Gasteiger partial charge in [0.15, 0.2) is 0 Å². The first-order valence-corrected chi connectivity index (χ1v) is 7.67. The first-order valence-electron chi connectivity index (χ1n) is 6.69. The van der Waals surface area contributed by atoms with Crippen LogP contribution >= 0.6 is 11.8 Å². The standard InChI is InChI=1S/C16H26OS/c1-12(2)9-13-7-6-8-14(10-13)15(17)11-18-16(3,4)5/h6-8,10,12,15,17H,9,11H2,1-5H3. The molecule has 0 aliphatic heterocycles. The zero-order chi connectivity index (χ0) is 13.8. The van der Waals surface area contributed by atoms with Crippen LogP contribution in [0.3, 0.4) is 0 Å². The van der Waals surface area contributed by atoms with E-state index in [-0.39, 0.29) is 10.9 Å². The smallest absolute Gasteiger partial charge is 0.0880 e. The van der Waals surface area contributed by atoms with E-state index in [0.29, 0.717) is 5.92 Å². The maximum atomic E-state index is 10.2. The molecule has 1 aromatic rings. The molecule has 1 nitrogen and oxygen atoms in total. The summed E-state index contributed by atoms with van der Waals surface area (Å²) in [7, 11) is 0. The maximum Gasteiger partial charge on any atom is 0.0880 e. The number of aliphatic hydroxyl groups excluding tert-OH is 1. The van der Waals surface area contributed by atoms with Gasteiger partial charge in [0.1, 0.15) is 0 Å². The van der Waals surface area contributed by atoms with Crippen molar-refractivity contribution in [1.29, 1.82) is 0 Å². The molecule has 1 rings (SSSR count). The molecular formula is C16H26OS. The molecule has 0 amide bonds. The molecule has 1 N–H and O–H groups in total. The fourth-order valence-corrected chi connectivity index (χ4v) is 2.67. The largest absolute Gasteiger partial charge is 0.388 e. The fourth-order valence-electron chi connectivity index (χ4n) is 1.82. The zero-order valence-corrected chi connectivity index (χ0v) is 13.1. The van der Waals surface area contributed by atoms with Gasteiger partial charge in [-0.1, -0.05) is 58.9 Å². The van der Waals surface area contributed by atoms with Crippen molar-refractivity contribution >= 4 is 11.8 Å². The zero-order valence-electron chi connectivity index (χ0n) is 12.2. The second-order valence-corrected chi connectivity index (χ2v) is 8.13. The summed E-state index contributed by atoms with van der Waals surface area (Å²) in [6.07, 6.45) is 0.716. The van der Waals surface area contributed by atoms with Gasteiger partial charge in [0.2, 0.25) is 0 Å². The van der Waals surface area contributed by atoms with Gasteiger partial charge in [-0.25, -0.2) is 0 Å². The maximum absolute atomic E-state index is 10.2. The van der Waals surface area contributed by atoms with Crippen LogP contribution in [-0.4, -0.2) is 15.6 Å². The highest BCUT2D eigenvalue weighted by molar-refractivity contribution is 8.00. The number of hydrogen-bond donors (Lipinski definition) is 1. The highest BCUT2D eigenvalue weighted by Gasteiger charge is 2.15. The third-order valence-corrected chi connectivity index (χ3v) is 4.00. The first kappa shape index (κ1) is 15.6. The summed E-state index contributed by atoms with van der Waals surface area (Å²) in [5.74, 6) is 1.41. The molecule has 0 aliphatic rings. The van der Waals surface area contributed by atoms with Gasteiger partial charge in [0.05, 0.1) is 6.10 Å². The number of benzene rings is 1. The Bertz CT molecular complexity index is 366. The van der Waals surface area contributed by atoms with Gasteiger partial charge >= 0.3 is 0 Å². The summed E-state index contributed by atoms with van der Waals surface area (Å²) in [5, 5.41) is 10.2. The second-order valence-electron chi connectivity index (χ2n) is 6.28. The minimum absolute atomic E-state index is 0.205. The number of thioether (sulfide) groups is 1. The van der Waals surface area contributed by atoms with Crippen molar-refractivity contribution in [3.8, 4) is 0 Å². The van der Waals surface area contributed by atoms with Gasteiger partial charge in [0.25, 0.3) is 0 Å². The molecule has 2 heteroatoms. The quantitative estimate of drug-likeness (QED) is 0.849. The molecule has 0 bridgehead atoms. The third-order valence-electron chi connectivity index (χ3n) is 2.65. The lowest BCUT2D eigenvalue weighted by Gasteiger charge is -2.20. The summed E-state index contributed by atoms with van der Waals surface area (Å²) < 4.78 is 0.205. The van der Waals surface area contributed by atoms with Crippen LogP contribution in [0.1, 0.15) is 51.8 Å². The van der Waals surface area contributed by atoms with Gasteiger partial charge in [0, 0.05) is 10.5 Å². The van der Waals surface area contributed by atoms with Crippen molar-refractivity contribution in [2.24, 2.45) is 5.92 Å². The molecule has 0 spiro atoms. The van der Waals surface area contributed by atoms with Gasteiger partial charge < -0.3 is 5.11 Å². The van der Waals surface area contributed by atoms with Crippen LogP contribution in [0.4, 0.5) is 0 Å². The molecular weight excluding hydrogens is 240 g/mol. The molecule has 0 aromatic heterocycles. The van der Waals surface area contributed by atoms with Crippen LogP contribution in [-0.2, 0) is 6.42 Å². The molecule has 0 saturated heterocycles. The van der Waals surface area contributed by atoms with E-state index in [9.17, 15) is 5.11 Å². The number of rotatable bonds is 5. The van der Waals surface area contributed by atoms with Crippen LogP contribution in [0.25, 0.3) is 0 Å². The Kier molecular flexibility index (Phi) is 5.74. The van der Waals surface area contributed by atoms with Crippen LogP contribution < -0.4 is 0 Å². The van der Waals surface area contributed by atoms with E-state index in [2.05, 4.69) is 52.8 Å². The van der Waals surface area contributed by atoms with Gasteiger partial charge in [-0.2, -0.15) is 11.8 Å². The van der Waals surface area contributed by atoms with Gasteiger partial charge in [-0.15, -0.1) is 0 Å². The predicted octanol–water partition coefficient (Wildman–Crippen LogP) is 4.45.